The van der Waals surface area contributed by atoms with Gasteiger partial charge in [0.05, 0.1) is 12.6 Å². The van der Waals surface area contributed by atoms with Gasteiger partial charge in [0, 0.05) is 38.8 Å². The zero-order valence-corrected chi connectivity index (χ0v) is 18.2. The topological polar surface area (TPSA) is 69.2 Å². The van der Waals surface area contributed by atoms with E-state index in [2.05, 4.69) is 27.4 Å². The number of hydrogen-bond donors (Lipinski definition) is 2. The van der Waals surface area contributed by atoms with Crippen LogP contribution in [-0.4, -0.2) is 78.8 Å². The molecule has 3 fully saturated rings. The average Bonchev–Trinajstić information content (AvgIpc) is 3.51. The highest BCUT2D eigenvalue weighted by molar-refractivity contribution is 5.80. The van der Waals surface area contributed by atoms with E-state index in [9.17, 15) is 4.79 Å². The van der Waals surface area contributed by atoms with Crippen molar-refractivity contribution >= 4 is 12.1 Å². The van der Waals surface area contributed by atoms with Crippen molar-refractivity contribution in [1.29, 1.82) is 0 Å². The molecule has 1 saturated heterocycles. The van der Waals surface area contributed by atoms with E-state index in [0.29, 0.717) is 0 Å². The molecule has 28 heavy (non-hydrogen) atoms. The summed E-state index contributed by atoms with van der Waals surface area (Å²) in [6.07, 6.45) is 6.13. The van der Waals surface area contributed by atoms with Crippen LogP contribution in [0.1, 0.15) is 59.8 Å². The first kappa shape index (κ1) is 21.2. The molecule has 3 aliphatic rings. The molecular formula is C21H39N5O2. The molecule has 0 radical (unpaired) electrons. The Kier molecular flexibility index (Phi) is 7.07. The van der Waals surface area contributed by atoms with Gasteiger partial charge < -0.3 is 20.3 Å². The summed E-state index contributed by atoms with van der Waals surface area (Å²) in [7, 11) is 0. The van der Waals surface area contributed by atoms with Crippen molar-refractivity contribution in [2.24, 2.45) is 10.9 Å². The minimum atomic E-state index is -0.466. The molecule has 1 aliphatic heterocycles. The molecule has 2 aliphatic carbocycles. The minimum absolute atomic E-state index is 0.108. The van der Waals surface area contributed by atoms with Gasteiger partial charge in [-0.3, -0.25) is 9.89 Å². The van der Waals surface area contributed by atoms with Crippen LogP contribution in [0.15, 0.2) is 4.99 Å². The minimum Gasteiger partial charge on any atom is -0.444 e. The van der Waals surface area contributed by atoms with Crippen molar-refractivity contribution in [3.05, 3.63) is 0 Å². The van der Waals surface area contributed by atoms with E-state index < -0.39 is 5.60 Å². The Bertz CT molecular complexity index is 551. The van der Waals surface area contributed by atoms with Crippen LogP contribution >= 0.6 is 0 Å². The summed E-state index contributed by atoms with van der Waals surface area (Å²) in [5.74, 6) is 1.91. The number of hydrogen-bond acceptors (Lipinski definition) is 4. The van der Waals surface area contributed by atoms with Crippen molar-refractivity contribution in [3.63, 3.8) is 0 Å². The van der Waals surface area contributed by atoms with Crippen molar-refractivity contribution < 1.29 is 9.53 Å². The first-order valence-corrected chi connectivity index (χ1v) is 11.1. The Morgan fingerprint density at radius 3 is 2.57 bits per heavy atom. The summed E-state index contributed by atoms with van der Waals surface area (Å²) in [4.78, 5) is 21.8. The second kappa shape index (κ2) is 9.33. The van der Waals surface area contributed by atoms with Crippen LogP contribution in [-0.2, 0) is 4.74 Å². The highest BCUT2D eigenvalue weighted by Gasteiger charge is 2.33. The maximum Gasteiger partial charge on any atom is 0.407 e. The molecule has 1 atom stereocenters. The largest absolute Gasteiger partial charge is 0.444 e. The fourth-order valence-electron chi connectivity index (χ4n) is 3.75. The lowest BCUT2D eigenvalue weighted by Crippen LogP contribution is -2.44. The highest BCUT2D eigenvalue weighted by Crippen LogP contribution is 2.34. The Labute approximate surface area is 170 Å². The normalized spacial score (nSPS) is 23.2. The molecule has 2 saturated carbocycles. The third kappa shape index (κ3) is 7.15. The van der Waals surface area contributed by atoms with E-state index in [-0.39, 0.29) is 12.1 Å². The van der Waals surface area contributed by atoms with E-state index in [1.165, 1.54) is 32.2 Å². The number of nitrogens with zero attached hydrogens (tertiary/aromatic N) is 3. The SMILES string of the molecule is CCNC(=NCCN(CC1CC1)C1CC1)N1CCC(NC(=O)OC(C)(C)C)C1. The zero-order valence-electron chi connectivity index (χ0n) is 18.2. The van der Waals surface area contributed by atoms with E-state index in [4.69, 9.17) is 9.73 Å². The molecule has 7 nitrogen and oxygen atoms in total. The lowest BCUT2D eigenvalue weighted by molar-refractivity contribution is 0.0507. The van der Waals surface area contributed by atoms with E-state index in [1.54, 1.807) is 0 Å². The fraction of sp³-hybridized carbons (Fsp3) is 0.905. The van der Waals surface area contributed by atoms with Gasteiger partial charge in [-0.25, -0.2) is 4.79 Å². The molecule has 0 spiro atoms. The number of ether oxygens (including phenoxy) is 1. The number of rotatable bonds is 8. The first-order chi connectivity index (χ1) is 13.3. The number of aliphatic imine (C=N–C) groups is 1. The third-order valence-electron chi connectivity index (χ3n) is 5.45. The van der Waals surface area contributed by atoms with Crippen LogP contribution in [0.25, 0.3) is 0 Å². The highest BCUT2D eigenvalue weighted by atomic mass is 16.6. The van der Waals surface area contributed by atoms with Crippen LogP contribution in [0.2, 0.25) is 0 Å². The third-order valence-corrected chi connectivity index (χ3v) is 5.45. The molecule has 7 heteroatoms. The number of amides is 1. The summed E-state index contributed by atoms with van der Waals surface area (Å²) in [6.45, 7) is 13.5. The van der Waals surface area contributed by atoms with Crippen LogP contribution < -0.4 is 10.6 Å². The number of carbonyl (C=O) groups is 1. The van der Waals surface area contributed by atoms with Crippen LogP contribution in [0.4, 0.5) is 4.79 Å². The summed E-state index contributed by atoms with van der Waals surface area (Å²) >= 11 is 0. The first-order valence-electron chi connectivity index (χ1n) is 11.1. The molecule has 3 rings (SSSR count). The molecule has 1 heterocycles. The molecule has 0 aromatic carbocycles. The van der Waals surface area contributed by atoms with E-state index >= 15 is 0 Å². The van der Waals surface area contributed by atoms with Crippen molar-refractivity contribution in [3.8, 4) is 0 Å². The Hall–Kier alpha value is -1.50. The molecule has 0 aromatic rings. The van der Waals surface area contributed by atoms with Gasteiger partial charge in [0.1, 0.15) is 5.60 Å². The summed E-state index contributed by atoms with van der Waals surface area (Å²) in [5, 5.41) is 6.42. The van der Waals surface area contributed by atoms with Crippen molar-refractivity contribution in [2.75, 3.05) is 39.3 Å². The predicted molar refractivity (Wildman–Crippen MR) is 113 cm³/mol. The number of carbonyl (C=O) groups excluding carboxylic acids is 1. The molecule has 0 aromatic heterocycles. The van der Waals surface area contributed by atoms with Gasteiger partial charge in [0.25, 0.3) is 0 Å². The van der Waals surface area contributed by atoms with Crippen LogP contribution in [0.5, 0.6) is 0 Å². The molecule has 0 bridgehead atoms. The quantitative estimate of drug-likeness (QED) is 0.490. The average molecular weight is 394 g/mol. The Morgan fingerprint density at radius 2 is 1.96 bits per heavy atom. The number of guanidine groups is 1. The van der Waals surface area contributed by atoms with Crippen LogP contribution in [0.3, 0.4) is 0 Å². The molecule has 160 valence electrons. The summed E-state index contributed by atoms with van der Waals surface area (Å²) < 4.78 is 5.38. The van der Waals surface area contributed by atoms with Gasteiger partial charge in [0.15, 0.2) is 5.96 Å². The Morgan fingerprint density at radius 1 is 1.21 bits per heavy atom. The lowest BCUT2D eigenvalue weighted by atomic mass is 10.2. The van der Waals surface area contributed by atoms with Gasteiger partial charge >= 0.3 is 6.09 Å². The summed E-state index contributed by atoms with van der Waals surface area (Å²) in [6, 6.07) is 0.920. The Balaban J connectivity index is 1.46. The van der Waals surface area contributed by atoms with Gasteiger partial charge in [-0.15, -0.1) is 0 Å². The van der Waals surface area contributed by atoms with E-state index in [0.717, 1.165) is 57.1 Å². The molecule has 1 amide bonds. The zero-order chi connectivity index (χ0) is 20.1. The lowest BCUT2D eigenvalue weighted by Gasteiger charge is -2.24. The maximum absolute atomic E-state index is 12.0. The van der Waals surface area contributed by atoms with E-state index in [1.807, 2.05) is 20.8 Å². The molecule has 2 N–H and O–H groups in total. The summed E-state index contributed by atoms with van der Waals surface area (Å²) in [5.41, 5.74) is -0.466. The maximum atomic E-state index is 12.0. The monoisotopic (exact) mass is 393 g/mol. The predicted octanol–water partition coefficient (Wildman–Crippen LogP) is 2.43. The molecular weight excluding hydrogens is 354 g/mol. The standard InChI is InChI=1S/C21H39N5O2/c1-5-22-19(23-11-13-25(18-8-9-18)14-16-6-7-16)26-12-10-17(15-26)24-20(27)28-21(2,3)4/h16-18H,5-15H2,1-4H3,(H,22,23)(H,24,27). The number of alkyl carbamates (subject to hydrolysis) is 1. The van der Waals surface area contributed by atoms with Crippen molar-refractivity contribution in [2.45, 2.75) is 77.5 Å². The second-order valence-corrected chi connectivity index (χ2v) is 9.48. The number of likely N-dealkylation sites (tertiary alicyclic amines) is 1. The number of nitrogens with one attached hydrogen (secondary N) is 2. The smallest absolute Gasteiger partial charge is 0.407 e. The van der Waals surface area contributed by atoms with Gasteiger partial charge in [0.2, 0.25) is 0 Å². The fourth-order valence-corrected chi connectivity index (χ4v) is 3.75. The van der Waals surface area contributed by atoms with Crippen molar-refractivity contribution in [1.82, 2.24) is 20.4 Å². The molecule has 1 unspecified atom stereocenters. The second-order valence-electron chi connectivity index (χ2n) is 9.48. The van der Waals surface area contributed by atoms with Crippen LogP contribution in [0, 0.1) is 5.92 Å². The van der Waals surface area contributed by atoms with Gasteiger partial charge in [-0.05, 0) is 65.7 Å². The van der Waals surface area contributed by atoms with Gasteiger partial charge in [-0.2, -0.15) is 0 Å². The van der Waals surface area contributed by atoms with Gasteiger partial charge in [-0.1, -0.05) is 0 Å².